The van der Waals surface area contributed by atoms with Crippen molar-refractivity contribution in [3.63, 3.8) is 0 Å². The van der Waals surface area contributed by atoms with Crippen LogP contribution in [-0.4, -0.2) is 17.2 Å². The van der Waals surface area contributed by atoms with Crippen molar-refractivity contribution in [2.75, 3.05) is 6.26 Å². The quantitative estimate of drug-likeness (QED) is 0.624. The van der Waals surface area contributed by atoms with Gasteiger partial charge in [-0.15, -0.1) is 11.8 Å². The topological polar surface area (TPSA) is 39.2 Å². The van der Waals surface area contributed by atoms with Crippen LogP contribution in [0.3, 0.4) is 0 Å². The first-order valence-corrected chi connectivity index (χ1v) is 7.46. The first-order valence-electron chi connectivity index (χ1n) is 6.24. The lowest BCUT2D eigenvalue weighted by atomic mass is 10.1. The van der Waals surface area contributed by atoms with E-state index in [9.17, 15) is 18.0 Å². The molecular weight excluding hydrogens is 315 g/mol. The van der Waals surface area contributed by atoms with E-state index >= 15 is 0 Å². The zero-order valence-electron chi connectivity index (χ0n) is 11.6. The summed E-state index contributed by atoms with van der Waals surface area (Å²) in [4.78, 5) is 16.0. The van der Waals surface area contributed by atoms with E-state index in [1.54, 1.807) is 24.6 Å². The third kappa shape index (κ3) is 4.00. The number of esters is 1. The van der Waals surface area contributed by atoms with E-state index in [1.165, 1.54) is 23.9 Å². The summed E-state index contributed by atoms with van der Waals surface area (Å²) in [5.41, 5.74) is -0.202. The largest absolute Gasteiger partial charge is 0.457 e. The molecule has 1 aromatic carbocycles. The number of alkyl halides is 3. The zero-order valence-corrected chi connectivity index (χ0v) is 12.4. The maximum Gasteiger partial charge on any atom is 0.416 e. The van der Waals surface area contributed by atoms with E-state index in [-0.39, 0.29) is 12.2 Å². The van der Waals surface area contributed by atoms with E-state index in [2.05, 4.69) is 4.98 Å². The van der Waals surface area contributed by atoms with Crippen molar-refractivity contribution in [1.82, 2.24) is 4.98 Å². The summed E-state index contributed by atoms with van der Waals surface area (Å²) in [5, 5.41) is 0.511. The summed E-state index contributed by atoms with van der Waals surface area (Å²) in [6, 6.07) is 7.85. The number of aromatic nitrogens is 1. The third-order valence-electron chi connectivity index (χ3n) is 2.81. The Morgan fingerprint density at radius 2 is 2.05 bits per heavy atom. The van der Waals surface area contributed by atoms with Gasteiger partial charge < -0.3 is 4.74 Å². The molecule has 0 saturated carbocycles. The molecule has 0 unspecified atom stereocenters. The lowest BCUT2D eigenvalue weighted by molar-refractivity contribution is -0.137. The van der Waals surface area contributed by atoms with Gasteiger partial charge in [-0.2, -0.15) is 13.2 Å². The van der Waals surface area contributed by atoms with Gasteiger partial charge in [-0.3, -0.25) is 0 Å². The molecule has 0 aliphatic heterocycles. The van der Waals surface area contributed by atoms with Crippen molar-refractivity contribution in [3.8, 4) is 0 Å². The van der Waals surface area contributed by atoms with Crippen molar-refractivity contribution in [3.05, 3.63) is 59.3 Å². The van der Waals surface area contributed by atoms with Crippen LogP contribution < -0.4 is 0 Å². The highest BCUT2D eigenvalue weighted by atomic mass is 32.2. The molecular formula is C15H12F3NO2S. The van der Waals surface area contributed by atoms with Crippen LogP contribution in [0, 0.1) is 0 Å². The molecule has 7 heteroatoms. The molecule has 3 nitrogen and oxygen atoms in total. The highest BCUT2D eigenvalue weighted by Gasteiger charge is 2.30. The Kier molecular flexibility index (Phi) is 5.07. The van der Waals surface area contributed by atoms with Gasteiger partial charge in [-0.05, 0) is 36.1 Å². The fourth-order valence-corrected chi connectivity index (χ4v) is 2.31. The second kappa shape index (κ2) is 6.83. The van der Waals surface area contributed by atoms with Gasteiger partial charge >= 0.3 is 12.1 Å². The number of carbonyl (C=O) groups is 1. The summed E-state index contributed by atoms with van der Waals surface area (Å²) in [6.45, 7) is -0.231. The highest BCUT2D eigenvalue weighted by molar-refractivity contribution is 7.98. The normalized spacial score (nSPS) is 11.3. The van der Waals surface area contributed by atoms with E-state index in [0.717, 1.165) is 12.1 Å². The molecule has 22 heavy (non-hydrogen) atoms. The number of pyridine rings is 1. The van der Waals surface area contributed by atoms with Crippen molar-refractivity contribution in [2.45, 2.75) is 17.8 Å². The number of hydrogen-bond donors (Lipinski definition) is 0. The number of nitrogens with zero attached hydrogens (tertiary/aromatic N) is 1. The molecule has 0 saturated heterocycles. The highest BCUT2D eigenvalue weighted by Crippen LogP contribution is 2.29. The molecule has 2 aromatic rings. The number of thioether (sulfide) groups is 1. The number of benzene rings is 1. The number of hydrogen-bond acceptors (Lipinski definition) is 4. The average molecular weight is 327 g/mol. The van der Waals surface area contributed by atoms with Crippen LogP contribution in [-0.2, 0) is 17.5 Å². The Bertz CT molecular complexity index is 674. The fourth-order valence-electron chi connectivity index (χ4n) is 1.77. The monoisotopic (exact) mass is 327 g/mol. The van der Waals surface area contributed by atoms with Gasteiger partial charge in [0.2, 0.25) is 0 Å². The molecule has 0 aliphatic carbocycles. The number of carbonyl (C=O) groups excluding carboxylic acids is 1. The zero-order chi connectivity index (χ0) is 16.2. The molecule has 116 valence electrons. The summed E-state index contributed by atoms with van der Waals surface area (Å²) >= 11 is 1.29. The molecule has 0 atom stereocenters. The van der Waals surface area contributed by atoms with Crippen LogP contribution in [0.2, 0.25) is 0 Å². The fraction of sp³-hybridized carbons (Fsp3) is 0.200. The van der Waals surface area contributed by atoms with E-state index in [1.807, 2.05) is 0 Å². The standard InChI is InChI=1S/C15H12F3NO2S/c1-22-13-12(6-3-7-19-13)14(20)21-9-10-4-2-5-11(8-10)15(16,17)18/h2-8H,9H2,1H3. The SMILES string of the molecule is CSc1ncccc1C(=O)OCc1cccc(C(F)(F)F)c1. The minimum Gasteiger partial charge on any atom is -0.457 e. The van der Waals surface area contributed by atoms with Crippen LogP contribution in [0.5, 0.6) is 0 Å². The maximum atomic E-state index is 12.6. The molecule has 0 spiro atoms. The van der Waals surface area contributed by atoms with Gasteiger partial charge in [0.15, 0.2) is 0 Å². The van der Waals surface area contributed by atoms with Gasteiger partial charge in [-0.1, -0.05) is 12.1 Å². The van der Waals surface area contributed by atoms with E-state index < -0.39 is 17.7 Å². The Morgan fingerprint density at radius 3 is 2.73 bits per heavy atom. The second-order valence-corrected chi connectivity index (χ2v) is 5.13. The molecule has 0 bridgehead atoms. The third-order valence-corrected chi connectivity index (χ3v) is 3.52. The summed E-state index contributed by atoms with van der Waals surface area (Å²) in [7, 11) is 0. The molecule has 0 fully saturated rings. The molecule has 0 N–H and O–H groups in total. The van der Waals surface area contributed by atoms with Crippen molar-refractivity contribution in [1.29, 1.82) is 0 Å². The predicted molar refractivity (Wildman–Crippen MR) is 76.6 cm³/mol. The van der Waals surface area contributed by atoms with E-state index in [4.69, 9.17) is 4.74 Å². The van der Waals surface area contributed by atoms with Crippen LogP contribution >= 0.6 is 11.8 Å². The van der Waals surface area contributed by atoms with Crippen molar-refractivity contribution in [2.24, 2.45) is 0 Å². The summed E-state index contributed by atoms with van der Waals surface area (Å²) in [5.74, 6) is -0.616. The van der Waals surface area contributed by atoms with E-state index in [0.29, 0.717) is 10.6 Å². The Labute approximate surface area is 129 Å². The lowest BCUT2D eigenvalue weighted by Crippen LogP contribution is -2.09. The average Bonchev–Trinajstić information content (AvgIpc) is 2.52. The van der Waals surface area contributed by atoms with Crippen LogP contribution in [0.15, 0.2) is 47.6 Å². The van der Waals surface area contributed by atoms with Gasteiger partial charge in [0, 0.05) is 6.20 Å². The van der Waals surface area contributed by atoms with Crippen molar-refractivity contribution >= 4 is 17.7 Å². The molecule has 1 aromatic heterocycles. The van der Waals surface area contributed by atoms with Crippen molar-refractivity contribution < 1.29 is 22.7 Å². The summed E-state index contributed by atoms with van der Waals surface area (Å²) < 4.78 is 42.9. The molecule has 1 heterocycles. The first-order chi connectivity index (χ1) is 10.4. The molecule has 0 radical (unpaired) electrons. The minimum atomic E-state index is -4.42. The summed E-state index contributed by atoms with van der Waals surface area (Å²) in [6.07, 6.45) is -1.10. The van der Waals surface area contributed by atoms with Gasteiger partial charge in [0.1, 0.15) is 11.6 Å². The maximum absolute atomic E-state index is 12.6. The Morgan fingerprint density at radius 1 is 1.27 bits per heavy atom. The predicted octanol–water partition coefficient (Wildman–Crippen LogP) is 4.18. The smallest absolute Gasteiger partial charge is 0.416 e. The lowest BCUT2D eigenvalue weighted by Gasteiger charge is -2.10. The molecule has 0 amide bonds. The number of halogens is 3. The van der Waals surface area contributed by atoms with Gasteiger partial charge in [0.05, 0.1) is 11.1 Å². The number of rotatable bonds is 4. The number of ether oxygens (including phenoxy) is 1. The first kappa shape index (κ1) is 16.4. The minimum absolute atomic E-state index is 0.231. The van der Waals surface area contributed by atoms with Crippen LogP contribution in [0.25, 0.3) is 0 Å². The van der Waals surface area contributed by atoms with Crippen LogP contribution in [0.1, 0.15) is 21.5 Å². The van der Waals surface area contributed by atoms with Crippen LogP contribution in [0.4, 0.5) is 13.2 Å². The molecule has 0 aliphatic rings. The molecule has 2 rings (SSSR count). The Hall–Kier alpha value is -2.02. The van der Waals surface area contributed by atoms with Gasteiger partial charge in [0.25, 0.3) is 0 Å². The Balaban J connectivity index is 2.08. The van der Waals surface area contributed by atoms with Gasteiger partial charge in [-0.25, -0.2) is 9.78 Å². The second-order valence-electron chi connectivity index (χ2n) is 4.33.